The molecule has 5 rings (SSSR count). The number of rotatable bonds is 4. The quantitative estimate of drug-likeness (QED) is 0.293. The molecule has 0 N–H and O–H groups in total. The molecule has 1 heterocycles. The number of aryl methyl sites for hydroxylation is 11. The van der Waals surface area contributed by atoms with Crippen molar-refractivity contribution in [3.05, 3.63) is 116 Å². The maximum Gasteiger partial charge on any atom is 0.391 e. The van der Waals surface area contributed by atoms with Crippen LogP contribution in [0.4, 0.5) is 0 Å². The largest absolute Gasteiger partial charge is 0.402 e. The molecule has 0 radical (unpaired) electrons. The molecule has 4 aromatic rings. The first-order valence-electron chi connectivity index (χ1n) is 14.0. The Labute approximate surface area is 237 Å². The van der Waals surface area contributed by atoms with Gasteiger partial charge in [-0.1, -0.05) is 76.9 Å². The third kappa shape index (κ3) is 4.38. The number of benzene rings is 4. The van der Waals surface area contributed by atoms with Gasteiger partial charge in [0.2, 0.25) is 0 Å². The lowest BCUT2D eigenvalue weighted by Crippen LogP contribution is -2.90. The molecule has 0 saturated carbocycles. The van der Waals surface area contributed by atoms with Gasteiger partial charge in [-0.3, -0.25) is 0 Å². The van der Waals surface area contributed by atoms with Crippen LogP contribution in [0.1, 0.15) is 61.2 Å². The summed E-state index contributed by atoms with van der Waals surface area (Å²) >= 11 is 0. The van der Waals surface area contributed by atoms with Crippen molar-refractivity contribution in [3.8, 4) is 0 Å². The molecular formula is C35H42O2Si2. The molecule has 202 valence electrons. The number of hydrogen-bond acceptors (Lipinski definition) is 2. The van der Waals surface area contributed by atoms with Gasteiger partial charge < -0.3 is 8.23 Å². The molecule has 0 unspecified atom stereocenters. The monoisotopic (exact) mass is 550 g/mol. The van der Waals surface area contributed by atoms with Gasteiger partial charge in [-0.05, 0) is 115 Å². The lowest BCUT2D eigenvalue weighted by atomic mass is 10.1. The highest BCUT2D eigenvalue weighted by atomic mass is 28.5. The standard InChI is InChI=1S/C35H42O2Si2/c1-21-12-13-32(25(5)14-21)38(33-26(6)15-22(2)16-27(33)7)36-39(37-38,34-28(8)17-23(3)18-29(34)9)35-30(10)19-24(4)20-31(35)11/h12-20H,1-11H3. The average molecular weight is 551 g/mol. The van der Waals surface area contributed by atoms with E-state index >= 15 is 0 Å². The molecule has 0 aliphatic carbocycles. The molecule has 0 spiro atoms. The van der Waals surface area contributed by atoms with Gasteiger partial charge in [-0.2, -0.15) is 0 Å². The molecule has 1 aliphatic rings. The molecule has 1 aliphatic heterocycles. The molecule has 0 amide bonds. The summed E-state index contributed by atoms with van der Waals surface area (Å²) < 4.78 is 15.7. The summed E-state index contributed by atoms with van der Waals surface area (Å²) in [6, 6.07) is 20.5. The van der Waals surface area contributed by atoms with Crippen LogP contribution < -0.4 is 20.7 Å². The van der Waals surface area contributed by atoms with Crippen LogP contribution >= 0.6 is 0 Å². The predicted octanol–water partition coefficient (Wildman–Crippen LogP) is 5.94. The van der Waals surface area contributed by atoms with Gasteiger partial charge in [-0.25, -0.2) is 0 Å². The SMILES string of the molecule is Cc1ccc([Si]2(c3c(C)cc(C)cc3C)O[Si](c3c(C)cc(C)cc3C)(c3c(C)cc(C)cc3C)O2)c(C)c1. The van der Waals surface area contributed by atoms with Crippen molar-refractivity contribution in [2.45, 2.75) is 76.2 Å². The average Bonchev–Trinajstić information content (AvgIpc) is 2.75. The Morgan fingerprint density at radius 3 is 1.00 bits per heavy atom. The van der Waals surface area contributed by atoms with Crippen LogP contribution in [0.3, 0.4) is 0 Å². The lowest BCUT2D eigenvalue weighted by Gasteiger charge is -2.56. The van der Waals surface area contributed by atoms with Crippen molar-refractivity contribution in [1.29, 1.82) is 0 Å². The molecule has 0 bridgehead atoms. The maximum atomic E-state index is 7.84. The maximum absolute atomic E-state index is 7.84. The smallest absolute Gasteiger partial charge is 0.391 e. The van der Waals surface area contributed by atoms with Gasteiger partial charge in [0.25, 0.3) is 0 Å². The molecular weight excluding hydrogens is 509 g/mol. The van der Waals surface area contributed by atoms with Gasteiger partial charge in [0, 0.05) is 20.7 Å². The van der Waals surface area contributed by atoms with Gasteiger partial charge in [0.15, 0.2) is 0 Å². The molecule has 0 aromatic heterocycles. The molecule has 0 atom stereocenters. The Kier molecular flexibility index (Phi) is 6.91. The molecule has 1 saturated heterocycles. The molecule has 4 heteroatoms. The van der Waals surface area contributed by atoms with Crippen molar-refractivity contribution in [3.63, 3.8) is 0 Å². The van der Waals surface area contributed by atoms with Crippen molar-refractivity contribution in [2.75, 3.05) is 0 Å². The normalized spacial score (nSPS) is 15.8. The summed E-state index contributed by atoms with van der Waals surface area (Å²) in [6.45, 7) is 24.3. The zero-order valence-corrected chi connectivity index (χ0v) is 27.5. The van der Waals surface area contributed by atoms with Crippen LogP contribution in [0.2, 0.25) is 0 Å². The summed E-state index contributed by atoms with van der Waals surface area (Å²) in [6.07, 6.45) is 0. The minimum Gasteiger partial charge on any atom is -0.402 e. The van der Waals surface area contributed by atoms with Crippen LogP contribution in [0, 0.1) is 76.2 Å². The van der Waals surface area contributed by atoms with E-state index in [2.05, 4.69) is 131 Å². The predicted molar refractivity (Wildman–Crippen MR) is 170 cm³/mol. The minimum atomic E-state index is -3.05. The fraction of sp³-hybridized carbons (Fsp3) is 0.314. The Balaban J connectivity index is 1.87. The van der Waals surface area contributed by atoms with E-state index in [1.54, 1.807) is 0 Å². The molecule has 39 heavy (non-hydrogen) atoms. The van der Waals surface area contributed by atoms with Gasteiger partial charge in [0.1, 0.15) is 0 Å². The van der Waals surface area contributed by atoms with E-state index in [9.17, 15) is 0 Å². The second-order valence-electron chi connectivity index (χ2n) is 12.1. The highest BCUT2D eigenvalue weighted by Crippen LogP contribution is 2.36. The molecule has 4 aromatic carbocycles. The van der Waals surface area contributed by atoms with Gasteiger partial charge >= 0.3 is 17.1 Å². The Hall–Kier alpha value is -2.77. The van der Waals surface area contributed by atoms with Crippen LogP contribution in [0.5, 0.6) is 0 Å². The fourth-order valence-electron chi connectivity index (χ4n) is 7.37. The van der Waals surface area contributed by atoms with Crippen LogP contribution in [-0.4, -0.2) is 17.1 Å². The van der Waals surface area contributed by atoms with E-state index in [0.717, 1.165) is 0 Å². The summed E-state index contributed by atoms with van der Waals surface area (Å²) in [7, 11) is -6.09. The number of hydrogen-bond donors (Lipinski definition) is 0. The van der Waals surface area contributed by atoms with E-state index in [1.165, 1.54) is 81.9 Å². The highest BCUT2D eigenvalue weighted by Gasteiger charge is 2.69. The first kappa shape index (κ1) is 27.8. The summed E-state index contributed by atoms with van der Waals surface area (Å²) in [5, 5.41) is 5.06. The second kappa shape index (κ2) is 9.70. The molecule has 2 nitrogen and oxygen atoms in total. The topological polar surface area (TPSA) is 18.5 Å². The Morgan fingerprint density at radius 1 is 0.359 bits per heavy atom. The van der Waals surface area contributed by atoms with Gasteiger partial charge in [-0.15, -0.1) is 0 Å². The Bertz CT molecular complexity index is 1500. The van der Waals surface area contributed by atoms with E-state index < -0.39 is 17.1 Å². The Morgan fingerprint density at radius 2 is 0.667 bits per heavy atom. The zero-order chi connectivity index (χ0) is 28.4. The van der Waals surface area contributed by atoms with Crippen LogP contribution in [0.25, 0.3) is 0 Å². The fourth-order valence-corrected chi connectivity index (χ4v) is 19.0. The van der Waals surface area contributed by atoms with Crippen LogP contribution in [0.15, 0.2) is 54.6 Å². The minimum absolute atomic E-state index is 1.23. The summed E-state index contributed by atoms with van der Waals surface area (Å²) in [5.41, 5.74) is 13.9. The first-order chi connectivity index (χ1) is 18.3. The first-order valence-corrected chi connectivity index (χ1v) is 17.7. The van der Waals surface area contributed by atoms with Crippen molar-refractivity contribution >= 4 is 37.9 Å². The van der Waals surface area contributed by atoms with Crippen molar-refractivity contribution in [2.24, 2.45) is 0 Å². The summed E-state index contributed by atoms with van der Waals surface area (Å²) in [5.74, 6) is 0. The van der Waals surface area contributed by atoms with Crippen molar-refractivity contribution in [1.82, 2.24) is 0 Å². The van der Waals surface area contributed by atoms with E-state index in [-0.39, 0.29) is 0 Å². The van der Waals surface area contributed by atoms with E-state index in [1.807, 2.05) is 0 Å². The van der Waals surface area contributed by atoms with E-state index in [0.29, 0.717) is 0 Å². The third-order valence-electron chi connectivity index (χ3n) is 8.33. The van der Waals surface area contributed by atoms with Crippen molar-refractivity contribution < 1.29 is 8.23 Å². The van der Waals surface area contributed by atoms with E-state index in [4.69, 9.17) is 8.23 Å². The highest BCUT2D eigenvalue weighted by molar-refractivity contribution is 7.16. The second-order valence-corrected chi connectivity index (χ2v) is 18.2. The summed E-state index contributed by atoms with van der Waals surface area (Å²) in [4.78, 5) is 0. The lowest BCUT2D eigenvalue weighted by molar-refractivity contribution is 0.266. The van der Waals surface area contributed by atoms with Crippen LogP contribution in [-0.2, 0) is 8.23 Å². The molecule has 1 fully saturated rings. The third-order valence-corrected chi connectivity index (χ3v) is 18.5. The zero-order valence-electron chi connectivity index (χ0n) is 25.5. The van der Waals surface area contributed by atoms with Gasteiger partial charge in [0.05, 0.1) is 0 Å².